The van der Waals surface area contributed by atoms with Crippen molar-refractivity contribution in [1.29, 1.82) is 0 Å². The SMILES string of the molecule is C=CC(=O)OC(C)(C(=O)OCCCC)C(C)C(C)(C)C(=O)OCCCC. The molecule has 0 saturated carbocycles. The van der Waals surface area contributed by atoms with Crippen molar-refractivity contribution in [2.45, 2.75) is 72.8 Å². The van der Waals surface area contributed by atoms with E-state index in [0.29, 0.717) is 13.0 Å². The molecule has 0 spiro atoms. The van der Waals surface area contributed by atoms with Gasteiger partial charge < -0.3 is 14.2 Å². The lowest BCUT2D eigenvalue weighted by Crippen LogP contribution is -2.54. The Bertz CT molecular complexity index is 497. The van der Waals surface area contributed by atoms with Crippen LogP contribution in [0.15, 0.2) is 12.7 Å². The van der Waals surface area contributed by atoms with E-state index < -0.39 is 34.8 Å². The summed E-state index contributed by atoms with van der Waals surface area (Å²) in [5.41, 5.74) is -2.69. The van der Waals surface area contributed by atoms with Crippen molar-refractivity contribution < 1.29 is 28.6 Å². The lowest BCUT2D eigenvalue weighted by atomic mass is 9.71. The van der Waals surface area contributed by atoms with Crippen molar-refractivity contribution in [3.63, 3.8) is 0 Å². The molecule has 0 aromatic carbocycles. The van der Waals surface area contributed by atoms with E-state index in [0.717, 1.165) is 25.3 Å². The number of ether oxygens (including phenoxy) is 3. The molecule has 2 unspecified atom stereocenters. The highest BCUT2D eigenvalue weighted by Crippen LogP contribution is 2.39. The van der Waals surface area contributed by atoms with Gasteiger partial charge in [-0.25, -0.2) is 9.59 Å². The minimum Gasteiger partial charge on any atom is -0.465 e. The number of unbranched alkanes of at least 4 members (excludes halogenated alkanes) is 2. The molecule has 0 aromatic heterocycles. The number of hydrogen-bond donors (Lipinski definition) is 0. The lowest BCUT2D eigenvalue weighted by molar-refractivity contribution is -0.193. The molecule has 26 heavy (non-hydrogen) atoms. The molecule has 0 heterocycles. The number of esters is 3. The molecule has 0 aliphatic heterocycles. The Labute approximate surface area is 157 Å². The van der Waals surface area contributed by atoms with Gasteiger partial charge in [0.2, 0.25) is 5.60 Å². The number of carbonyl (C=O) groups is 3. The molecule has 2 atom stereocenters. The van der Waals surface area contributed by atoms with E-state index in [-0.39, 0.29) is 6.61 Å². The summed E-state index contributed by atoms with van der Waals surface area (Å²) in [7, 11) is 0. The second-order valence-corrected chi connectivity index (χ2v) is 7.15. The van der Waals surface area contributed by atoms with Crippen LogP contribution in [-0.4, -0.2) is 36.7 Å². The van der Waals surface area contributed by atoms with E-state index >= 15 is 0 Å². The molecule has 0 aliphatic rings. The Morgan fingerprint density at radius 3 is 1.85 bits per heavy atom. The summed E-state index contributed by atoms with van der Waals surface area (Å²) in [6, 6.07) is 0. The molecule has 0 saturated heterocycles. The van der Waals surface area contributed by atoms with E-state index in [4.69, 9.17) is 14.2 Å². The van der Waals surface area contributed by atoms with Crippen molar-refractivity contribution >= 4 is 17.9 Å². The summed E-state index contributed by atoms with van der Waals surface area (Å²) in [5.74, 6) is -2.55. The Morgan fingerprint density at radius 2 is 1.42 bits per heavy atom. The molecule has 0 aromatic rings. The predicted octanol–water partition coefficient (Wildman–Crippen LogP) is 3.82. The first-order valence-corrected chi connectivity index (χ1v) is 9.27. The maximum Gasteiger partial charge on any atom is 0.350 e. The van der Waals surface area contributed by atoms with Crippen LogP contribution < -0.4 is 0 Å². The maximum absolute atomic E-state index is 12.7. The van der Waals surface area contributed by atoms with E-state index in [1.807, 2.05) is 13.8 Å². The monoisotopic (exact) mass is 370 g/mol. The second kappa shape index (κ2) is 11.0. The van der Waals surface area contributed by atoms with Gasteiger partial charge in [0.25, 0.3) is 0 Å². The topological polar surface area (TPSA) is 78.9 Å². The first-order chi connectivity index (χ1) is 12.1. The van der Waals surface area contributed by atoms with Gasteiger partial charge in [-0.2, -0.15) is 0 Å². The Hall–Kier alpha value is -1.85. The predicted molar refractivity (Wildman–Crippen MR) is 99.4 cm³/mol. The molecule has 0 N–H and O–H groups in total. The third-order valence-corrected chi connectivity index (χ3v) is 4.78. The fourth-order valence-corrected chi connectivity index (χ4v) is 2.37. The first kappa shape index (κ1) is 24.1. The zero-order valence-corrected chi connectivity index (χ0v) is 17.1. The van der Waals surface area contributed by atoms with E-state index in [1.165, 1.54) is 6.92 Å². The highest BCUT2D eigenvalue weighted by atomic mass is 16.6. The molecule has 0 amide bonds. The molecule has 6 nitrogen and oxygen atoms in total. The van der Waals surface area contributed by atoms with Gasteiger partial charge in [-0.3, -0.25) is 4.79 Å². The standard InChI is InChI=1S/C20H34O6/c1-8-11-13-24-17(22)19(5,6)15(4)20(7,26-16(21)10-3)18(23)25-14-12-9-2/h10,15H,3,8-9,11-14H2,1-2,4-7H3. The van der Waals surface area contributed by atoms with Crippen molar-refractivity contribution in [1.82, 2.24) is 0 Å². The molecule has 0 fully saturated rings. The highest BCUT2D eigenvalue weighted by Gasteiger charge is 2.53. The zero-order valence-electron chi connectivity index (χ0n) is 17.1. The molecule has 150 valence electrons. The molecule has 0 aliphatic carbocycles. The minimum absolute atomic E-state index is 0.227. The van der Waals surface area contributed by atoms with Gasteiger partial charge in [-0.05, 0) is 33.6 Å². The normalized spacial score (nSPS) is 14.7. The number of carbonyl (C=O) groups excluding carboxylic acids is 3. The van der Waals surface area contributed by atoms with Crippen LogP contribution in [0.1, 0.15) is 67.2 Å². The molecule has 0 rings (SSSR count). The van der Waals surface area contributed by atoms with E-state index in [2.05, 4.69) is 6.58 Å². The molecular formula is C20H34O6. The summed E-state index contributed by atoms with van der Waals surface area (Å²) >= 11 is 0. The van der Waals surface area contributed by atoms with Crippen molar-refractivity contribution in [2.75, 3.05) is 13.2 Å². The summed E-state index contributed by atoms with van der Waals surface area (Å²) < 4.78 is 16.0. The van der Waals surface area contributed by atoms with Crippen LogP contribution in [0, 0.1) is 11.3 Å². The lowest BCUT2D eigenvalue weighted by Gasteiger charge is -2.40. The van der Waals surface area contributed by atoms with Crippen molar-refractivity contribution in [2.24, 2.45) is 11.3 Å². The smallest absolute Gasteiger partial charge is 0.350 e. The number of rotatable bonds is 12. The average Bonchev–Trinajstić information content (AvgIpc) is 2.60. The maximum atomic E-state index is 12.7. The Morgan fingerprint density at radius 1 is 0.962 bits per heavy atom. The Balaban J connectivity index is 5.49. The molecular weight excluding hydrogens is 336 g/mol. The quantitative estimate of drug-likeness (QED) is 0.225. The van der Waals surface area contributed by atoms with Gasteiger partial charge in [-0.15, -0.1) is 0 Å². The van der Waals surface area contributed by atoms with Crippen LogP contribution in [0.5, 0.6) is 0 Å². The number of hydrogen-bond acceptors (Lipinski definition) is 6. The van der Waals surface area contributed by atoms with E-state index in [9.17, 15) is 14.4 Å². The van der Waals surface area contributed by atoms with Crippen molar-refractivity contribution in [3.05, 3.63) is 12.7 Å². The fraction of sp³-hybridized carbons (Fsp3) is 0.750. The van der Waals surface area contributed by atoms with Gasteiger partial charge in [0, 0.05) is 12.0 Å². The zero-order chi connectivity index (χ0) is 20.4. The first-order valence-electron chi connectivity index (χ1n) is 9.27. The fourth-order valence-electron chi connectivity index (χ4n) is 2.37. The third kappa shape index (κ3) is 6.46. The Kier molecular flexibility index (Phi) is 10.2. The van der Waals surface area contributed by atoms with Gasteiger partial charge >= 0.3 is 17.9 Å². The van der Waals surface area contributed by atoms with Gasteiger partial charge in [0.05, 0.1) is 18.6 Å². The minimum atomic E-state index is -1.63. The van der Waals surface area contributed by atoms with E-state index in [1.54, 1.807) is 20.8 Å². The summed E-state index contributed by atoms with van der Waals surface area (Å²) in [6.07, 6.45) is 4.21. The second-order valence-electron chi connectivity index (χ2n) is 7.15. The van der Waals surface area contributed by atoms with Gasteiger partial charge in [-0.1, -0.05) is 40.2 Å². The highest BCUT2D eigenvalue weighted by molar-refractivity contribution is 5.88. The summed E-state index contributed by atoms with van der Waals surface area (Å²) in [6.45, 7) is 14.4. The van der Waals surface area contributed by atoms with Crippen LogP contribution >= 0.6 is 0 Å². The van der Waals surface area contributed by atoms with Crippen LogP contribution in [-0.2, 0) is 28.6 Å². The van der Waals surface area contributed by atoms with Gasteiger partial charge in [0.15, 0.2) is 0 Å². The van der Waals surface area contributed by atoms with Gasteiger partial charge in [0.1, 0.15) is 0 Å². The summed E-state index contributed by atoms with van der Waals surface area (Å²) in [5, 5.41) is 0. The third-order valence-electron chi connectivity index (χ3n) is 4.78. The molecule has 0 radical (unpaired) electrons. The van der Waals surface area contributed by atoms with Crippen LogP contribution in [0.25, 0.3) is 0 Å². The molecule has 6 heteroatoms. The van der Waals surface area contributed by atoms with Crippen LogP contribution in [0.3, 0.4) is 0 Å². The average molecular weight is 370 g/mol. The van der Waals surface area contributed by atoms with Crippen molar-refractivity contribution in [3.8, 4) is 0 Å². The van der Waals surface area contributed by atoms with Crippen LogP contribution in [0.4, 0.5) is 0 Å². The largest absolute Gasteiger partial charge is 0.465 e. The molecule has 0 bridgehead atoms. The van der Waals surface area contributed by atoms with Crippen LogP contribution in [0.2, 0.25) is 0 Å². The summed E-state index contributed by atoms with van der Waals surface area (Å²) in [4.78, 5) is 37.0.